The van der Waals surface area contributed by atoms with Gasteiger partial charge in [0.15, 0.2) is 0 Å². The molecule has 1 aliphatic rings. The summed E-state index contributed by atoms with van der Waals surface area (Å²) in [4.78, 5) is 15.9. The zero-order valence-electron chi connectivity index (χ0n) is 12.3. The van der Waals surface area contributed by atoms with Crippen LogP contribution in [0.4, 0.5) is 5.69 Å². The Balaban J connectivity index is 1.79. The summed E-state index contributed by atoms with van der Waals surface area (Å²) in [6.45, 7) is 4.12. The second-order valence-electron chi connectivity index (χ2n) is 5.46. The van der Waals surface area contributed by atoms with Gasteiger partial charge in [0.05, 0.1) is 5.25 Å². The molecule has 0 saturated carbocycles. The highest BCUT2D eigenvalue weighted by Gasteiger charge is 2.33. The highest BCUT2D eigenvalue weighted by molar-refractivity contribution is 8.00. The summed E-state index contributed by atoms with van der Waals surface area (Å²) in [7, 11) is 0. The maximum Gasteiger partial charge on any atom is 0.240 e. The lowest BCUT2D eigenvalue weighted by Crippen LogP contribution is -2.40. The van der Waals surface area contributed by atoms with Crippen LogP contribution in [-0.2, 0) is 11.2 Å². The molecule has 21 heavy (non-hydrogen) atoms. The standard InChI is InChI=1S/C18H19NOS/c1-13-12-15-8-6-7-11-17(15)19(13)18(20)14(2)21-16-9-4-3-5-10-16/h3-11,13-14H,12H2,1-2H3/t13-,14-/m0/s1. The van der Waals surface area contributed by atoms with E-state index < -0.39 is 0 Å². The van der Waals surface area contributed by atoms with Crippen LogP contribution in [0.5, 0.6) is 0 Å². The third-order valence-electron chi connectivity index (χ3n) is 3.85. The molecule has 3 rings (SSSR count). The van der Waals surface area contributed by atoms with Crippen LogP contribution < -0.4 is 4.90 Å². The number of rotatable bonds is 3. The van der Waals surface area contributed by atoms with Gasteiger partial charge in [-0.1, -0.05) is 36.4 Å². The van der Waals surface area contributed by atoms with Crippen molar-refractivity contribution in [3.8, 4) is 0 Å². The predicted octanol–water partition coefficient (Wildman–Crippen LogP) is 4.15. The number of nitrogens with zero attached hydrogens (tertiary/aromatic N) is 1. The molecule has 0 N–H and O–H groups in total. The Hall–Kier alpha value is -1.74. The second-order valence-corrected chi connectivity index (χ2v) is 6.88. The van der Waals surface area contributed by atoms with Crippen LogP contribution in [0.25, 0.3) is 0 Å². The number of hydrogen-bond acceptors (Lipinski definition) is 2. The summed E-state index contributed by atoms with van der Waals surface area (Å²) in [5.74, 6) is 0.196. The molecule has 3 heteroatoms. The van der Waals surface area contributed by atoms with Gasteiger partial charge in [-0.05, 0) is 44.0 Å². The van der Waals surface area contributed by atoms with Crippen molar-refractivity contribution in [1.82, 2.24) is 0 Å². The highest BCUT2D eigenvalue weighted by Crippen LogP contribution is 2.34. The van der Waals surface area contributed by atoms with Gasteiger partial charge >= 0.3 is 0 Å². The largest absolute Gasteiger partial charge is 0.308 e. The van der Waals surface area contributed by atoms with Crippen LogP contribution in [0.1, 0.15) is 19.4 Å². The van der Waals surface area contributed by atoms with E-state index in [0.717, 1.165) is 17.0 Å². The first kappa shape index (κ1) is 14.2. The van der Waals surface area contributed by atoms with Gasteiger partial charge in [0.2, 0.25) is 5.91 Å². The summed E-state index contributed by atoms with van der Waals surface area (Å²) in [6, 6.07) is 18.6. The lowest BCUT2D eigenvalue weighted by atomic mass is 10.1. The van der Waals surface area contributed by atoms with E-state index in [1.54, 1.807) is 11.8 Å². The molecule has 1 amide bonds. The average Bonchev–Trinajstić information content (AvgIpc) is 2.83. The van der Waals surface area contributed by atoms with Gasteiger partial charge in [-0.2, -0.15) is 0 Å². The zero-order valence-corrected chi connectivity index (χ0v) is 13.1. The van der Waals surface area contributed by atoms with E-state index in [-0.39, 0.29) is 17.2 Å². The minimum Gasteiger partial charge on any atom is -0.308 e. The monoisotopic (exact) mass is 297 g/mol. The van der Waals surface area contributed by atoms with Gasteiger partial charge in [-0.15, -0.1) is 11.8 Å². The minimum absolute atomic E-state index is 0.0824. The fraction of sp³-hybridized carbons (Fsp3) is 0.278. The summed E-state index contributed by atoms with van der Waals surface area (Å²) in [5, 5.41) is -0.0824. The highest BCUT2D eigenvalue weighted by atomic mass is 32.2. The molecule has 1 heterocycles. The Bertz CT molecular complexity index is 641. The number of carbonyl (C=O) groups is 1. The first-order valence-electron chi connectivity index (χ1n) is 7.29. The third-order valence-corrected chi connectivity index (χ3v) is 4.95. The molecule has 0 fully saturated rings. The van der Waals surface area contributed by atoms with Gasteiger partial charge in [-0.25, -0.2) is 0 Å². The summed E-state index contributed by atoms with van der Waals surface area (Å²) < 4.78 is 0. The van der Waals surface area contributed by atoms with Crippen molar-refractivity contribution < 1.29 is 4.79 Å². The summed E-state index contributed by atoms with van der Waals surface area (Å²) in [5.41, 5.74) is 2.35. The number of thioether (sulfide) groups is 1. The molecule has 1 aliphatic heterocycles. The zero-order chi connectivity index (χ0) is 14.8. The fourth-order valence-electron chi connectivity index (χ4n) is 2.85. The van der Waals surface area contributed by atoms with Crippen molar-refractivity contribution in [2.75, 3.05) is 4.90 Å². The van der Waals surface area contributed by atoms with Gasteiger partial charge < -0.3 is 4.90 Å². The van der Waals surface area contributed by atoms with Gasteiger partial charge in [-0.3, -0.25) is 4.79 Å². The van der Waals surface area contributed by atoms with Crippen LogP contribution >= 0.6 is 11.8 Å². The Morgan fingerprint density at radius 3 is 2.57 bits per heavy atom. The molecule has 2 nitrogen and oxygen atoms in total. The first-order valence-corrected chi connectivity index (χ1v) is 8.17. The third kappa shape index (κ3) is 2.84. The number of carbonyl (C=O) groups excluding carboxylic acids is 1. The number of hydrogen-bond donors (Lipinski definition) is 0. The SMILES string of the molecule is C[C@H](Sc1ccccc1)C(=O)N1c2ccccc2C[C@@H]1C. The smallest absolute Gasteiger partial charge is 0.240 e. The first-order chi connectivity index (χ1) is 10.2. The molecule has 2 aromatic rings. The van der Waals surface area contributed by atoms with Crippen molar-refractivity contribution in [1.29, 1.82) is 0 Å². The van der Waals surface area contributed by atoms with Crippen molar-refractivity contribution >= 4 is 23.4 Å². The Labute approximate surface area is 130 Å². The lowest BCUT2D eigenvalue weighted by molar-refractivity contribution is -0.118. The average molecular weight is 297 g/mol. The molecule has 0 aromatic heterocycles. The van der Waals surface area contributed by atoms with E-state index >= 15 is 0 Å². The predicted molar refractivity (Wildman–Crippen MR) is 88.9 cm³/mol. The van der Waals surface area contributed by atoms with Crippen molar-refractivity contribution in [3.05, 3.63) is 60.2 Å². The molecule has 2 aromatic carbocycles. The Kier molecular flexibility index (Phi) is 4.02. The molecular weight excluding hydrogens is 278 g/mol. The van der Waals surface area contributed by atoms with Crippen molar-refractivity contribution in [3.63, 3.8) is 0 Å². The molecular formula is C18H19NOS. The summed E-state index contributed by atoms with van der Waals surface area (Å²) in [6.07, 6.45) is 0.949. The molecule has 0 spiro atoms. The van der Waals surface area contributed by atoms with Gasteiger partial charge in [0.1, 0.15) is 0 Å². The van der Waals surface area contributed by atoms with E-state index in [1.807, 2.05) is 42.2 Å². The van der Waals surface area contributed by atoms with E-state index in [4.69, 9.17) is 0 Å². The minimum atomic E-state index is -0.0824. The van der Waals surface area contributed by atoms with E-state index in [1.165, 1.54) is 5.56 Å². The second kappa shape index (κ2) is 5.94. The maximum absolute atomic E-state index is 12.8. The van der Waals surface area contributed by atoms with E-state index in [2.05, 4.69) is 31.2 Å². The normalized spacial score (nSPS) is 18.4. The number of para-hydroxylation sites is 1. The van der Waals surface area contributed by atoms with Crippen molar-refractivity contribution in [2.24, 2.45) is 0 Å². The van der Waals surface area contributed by atoms with E-state index in [9.17, 15) is 4.79 Å². The molecule has 0 bridgehead atoms. The van der Waals surface area contributed by atoms with Crippen LogP contribution in [0.3, 0.4) is 0 Å². The van der Waals surface area contributed by atoms with Gasteiger partial charge in [0.25, 0.3) is 0 Å². The number of anilines is 1. The van der Waals surface area contributed by atoms with Crippen LogP contribution in [0.15, 0.2) is 59.5 Å². The Morgan fingerprint density at radius 1 is 1.14 bits per heavy atom. The number of amides is 1. The quantitative estimate of drug-likeness (QED) is 0.793. The van der Waals surface area contributed by atoms with Gasteiger partial charge in [0, 0.05) is 16.6 Å². The van der Waals surface area contributed by atoms with Crippen LogP contribution in [-0.4, -0.2) is 17.2 Å². The fourth-order valence-corrected chi connectivity index (χ4v) is 3.79. The molecule has 0 aliphatic carbocycles. The lowest BCUT2D eigenvalue weighted by Gasteiger charge is -2.25. The van der Waals surface area contributed by atoms with E-state index in [0.29, 0.717) is 0 Å². The maximum atomic E-state index is 12.8. The number of fused-ring (bicyclic) bond motifs is 1. The van der Waals surface area contributed by atoms with Crippen LogP contribution in [0, 0.1) is 0 Å². The summed E-state index contributed by atoms with van der Waals surface area (Å²) >= 11 is 1.62. The molecule has 0 unspecified atom stereocenters. The number of benzene rings is 2. The topological polar surface area (TPSA) is 20.3 Å². The molecule has 2 atom stereocenters. The molecule has 108 valence electrons. The van der Waals surface area contributed by atoms with Crippen LogP contribution in [0.2, 0.25) is 0 Å². The molecule has 0 saturated heterocycles. The van der Waals surface area contributed by atoms with Crippen molar-refractivity contribution in [2.45, 2.75) is 36.5 Å². The Morgan fingerprint density at radius 2 is 1.81 bits per heavy atom. The molecule has 0 radical (unpaired) electrons.